The van der Waals surface area contributed by atoms with Crippen molar-refractivity contribution in [1.82, 2.24) is 0 Å². The molecule has 0 unspecified atom stereocenters. The summed E-state index contributed by atoms with van der Waals surface area (Å²) in [5, 5.41) is 2.27. The first kappa shape index (κ1) is 21.3. The molecule has 0 aliphatic rings. The second-order valence-corrected chi connectivity index (χ2v) is 11.7. The van der Waals surface area contributed by atoms with Crippen molar-refractivity contribution in [3.05, 3.63) is 45.5 Å². The van der Waals surface area contributed by atoms with Gasteiger partial charge < -0.3 is 8.39 Å². The van der Waals surface area contributed by atoms with Gasteiger partial charge in [0.05, 0.1) is 0 Å². The maximum Gasteiger partial charge on any atom is 0.327 e. The molecule has 3 rings (SSSR count). The molecule has 28 heavy (non-hydrogen) atoms. The minimum absolute atomic E-state index is 0.0648. The van der Waals surface area contributed by atoms with Crippen molar-refractivity contribution in [1.29, 1.82) is 0 Å². The highest BCUT2D eigenvalue weighted by Gasteiger charge is 2.26. The number of aryl methyl sites for hydroxylation is 4. The fourth-order valence-corrected chi connectivity index (χ4v) is 4.97. The average molecular weight is 419 g/mol. The summed E-state index contributed by atoms with van der Waals surface area (Å²) in [4.78, 5) is 0. The van der Waals surface area contributed by atoms with E-state index in [0.717, 1.165) is 21.9 Å². The van der Waals surface area contributed by atoms with E-state index in [2.05, 4.69) is 81.4 Å². The van der Waals surface area contributed by atoms with Gasteiger partial charge in [-0.2, -0.15) is 0 Å². The molecule has 0 saturated heterocycles. The maximum atomic E-state index is 6.63. The summed E-state index contributed by atoms with van der Waals surface area (Å²) >= 11 is 6.63. The van der Waals surface area contributed by atoms with Crippen LogP contribution in [0.3, 0.4) is 0 Å². The zero-order chi connectivity index (χ0) is 21.2. The summed E-state index contributed by atoms with van der Waals surface area (Å²) in [6.07, 6.45) is 0. The summed E-state index contributed by atoms with van der Waals surface area (Å²) in [5.74, 6) is 0. The Bertz CT molecular complexity index is 1040. The number of fused-ring (bicyclic) bond motifs is 3. The molecule has 1 aromatic heterocycles. The molecular formula is C24H32ClO2P. The highest BCUT2D eigenvalue weighted by Crippen LogP contribution is 2.46. The van der Waals surface area contributed by atoms with E-state index in [1.54, 1.807) is 0 Å². The smallest absolute Gasteiger partial charge is 0.327 e. The van der Waals surface area contributed by atoms with Crippen LogP contribution in [0, 0.1) is 27.7 Å². The van der Waals surface area contributed by atoms with Gasteiger partial charge in [-0.25, -0.2) is 0 Å². The molecular weight excluding hydrogens is 387 g/mol. The van der Waals surface area contributed by atoms with E-state index in [4.69, 9.17) is 19.6 Å². The fraction of sp³-hybridized carbons (Fsp3) is 0.500. The van der Waals surface area contributed by atoms with Crippen LogP contribution >= 0.6 is 18.6 Å². The van der Waals surface area contributed by atoms with Crippen LogP contribution in [-0.2, 0) is 10.8 Å². The standard InChI is InChI=1S/C24H32ClO2P/c1-13-11-17(23(5,6)7)21-19(15(13)3)20-16(4)14(2)12-18(24(8,9)10)22(20)27-28(25)26-21/h11-12H,1-10H3. The van der Waals surface area contributed by atoms with Gasteiger partial charge in [-0.05, 0) is 60.8 Å². The summed E-state index contributed by atoms with van der Waals surface area (Å²) < 4.78 is 12.6. The molecule has 0 aliphatic carbocycles. The normalized spacial score (nSPS) is 12.8. The van der Waals surface area contributed by atoms with E-state index in [-0.39, 0.29) is 10.8 Å². The zero-order valence-corrected chi connectivity index (χ0v) is 20.4. The molecule has 0 saturated carbocycles. The quantitative estimate of drug-likeness (QED) is 0.363. The first-order valence-electron chi connectivity index (χ1n) is 9.85. The van der Waals surface area contributed by atoms with Crippen molar-refractivity contribution in [3.63, 3.8) is 0 Å². The Morgan fingerprint density at radius 3 is 1.29 bits per heavy atom. The monoisotopic (exact) mass is 418 g/mol. The second kappa shape index (κ2) is 6.85. The van der Waals surface area contributed by atoms with E-state index in [9.17, 15) is 0 Å². The van der Waals surface area contributed by atoms with Gasteiger partial charge in [-0.1, -0.05) is 53.7 Å². The lowest BCUT2D eigenvalue weighted by molar-refractivity contribution is 0.569. The van der Waals surface area contributed by atoms with Crippen LogP contribution in [-0.4, -0.2) is 0 Å². The van der Waals surface area contributed by atoms with Gasteiger partial charge in [0, 0.05) is 33.1 Å². The summed E-state index contributed by atoms with van der Waals surface area (Å²) in [6.45, 7) is 22.0. The molecule has 0 atom stereocenters. The van der Waals surface area contributed by atoms with E-state index in [0.29, 0.717) is 0 Å². The largest absolute Gasteiger partial charge is 0.408 e. The van der Waals surface area contributed by atoms with Crippen LogP contribution in [0.4, 0.5) is 0 Å². The molecule has 152 valence electrons. The van der Waals surface area contributed by atoms with Crippen LogP contribution in [0.1, 0.15) is 74.9 Å². The number of rotatable bonds is 0. The molecule has 0 radical (unpaired) electrons. The van der Waals surface area contributed by atoms with Crippen molar-refractivity contribution < 1.29 is 8.39 Å². The van der Waals surface area contributed by atoms with E-state index in [1.807, 2.05) is 0 Å². The van der Waals surface area contributed by atoms with Crippen LogP contribution in [0.2, 0.25) is 0 Å². The molecule has 2 nitrogen and oxygen atoms in total. The van der Waals surface area contributed by atoms with Crippen molar-refractivity contribution >= 4 is 40.5 Å². The molecule has 2 aromatic carbocycles. The lowest BCUT2D eigenvalue weighted by Gasteiger charge is -2.23. The molecule has 0 aliphatic heterocycles. The van der Waals surface area contributed by atoms with Crippen molar-refractivity contribution in [2.24, 2.45) is 0 Å². The first-order chi connectivity index (χ1) is 12.7. The maximum absolute atomic E-state index is 6.63. The molecule has 4 heteroatoms. The molecule has 3 aromatic rings. The molecule has 1 heterocycles. The van der Waals surface area contributed by atoms with Crippen molar-refractivity contribution in [2.45, 2.75) is 80.1 Å². The summed E-state index contributed by atoms with van der Waals surface area (Å²) in [5.41, 5.74) is 8.95. The average Bonchev–Trinajstić information content (AvgIpc) is 2.68. The second-order valence-electron chi connectivity index (χ2n) is 10.0. The van der Waals surface area contributed by atoms with Gasteiger partial charge in [0.1, 0.15) is 11.2 Å². The van der Waals surface area contributed by atoms with Gasteiger partial charge in [0.15, 0.2) is 0 Å². The number of halogens is 1. The van der Waals surface area contributed by atoms with Gasteiger partial charge in [-0.3, -0.25) is 0 Å². The van der Waals surface area contributed by atoms with Gasteiger partial charge >= 0.3 is 7.37 Å². The van der Waals surface area contributed by atoms with Crippen molar-refractivity contribution in [2.75, 3.05) is 0 Å². The van der Waals surface area contributed by atoms with Crippen LogP contribution in [0.5, 0.6) is 0 Å². The Morgan fingerprint density at radius 1 is 0.679 bits per heavy atom. The fourth-order valence-electron chi connectivity index (χ4n) is 3.85. The third kappa shape index (κ3) is 3.51. The molecule has 0 amide bonds. The van der Waals surface area contributed by atoms with Crippen LogP contribution in [0.25, 0.3) is 21.9 Å². The Hall–Kier alpha value is -1.37. The lowest BCUT2D eigenvalue weighted by Crippen LogP contribution is -2.13. The Labute approximate surface area is 174 Å². The topological polar surface area (TPSA) is 26.3 Å². The zero-order valence-electron chi connectivity index (χ0n) is 18.8. The number of hydrogen-bond donors (Lipinski definition) is 0. The summed E-state index contributed by atoms with van der Waals surface area (Å²) in [6, 6.07) is 4.49. The highest BCUT2D eigenvalue weighted by atomic mass is 35.7. The van der Waals surface area contributed by atoms with Gasteiger partial charge in [0.2, 0.25) is 0 Å². The SMILES string of the molecule is Cc1cc(C(C)(C)C)c2op(Cl)oc3c(C(C)(C)C)cc(C)c(C)c3c2c1C. The van der Waals surface area contributed by atoms with E-state index >= 15 is 0 Å². The van der Waals surface area contributed by atoms with Crippen LogP contribution in [0.15, 0.2) is 20.5 Å². The predicted octanol–water partition coefficient (Wildman–Crippen LogP) is 9.12. The van der Waals surface area contributed by atoms with Crippen LogP contribution < -0.4 is 0 Å². The third-order valence-corrected chi connectivity index (χ3v) is 6.86. The Morgan fingerprint density at radius 2 is 1.00 bits per heavy atom. The number of benzene rings is 2. The molecule has 0 N–H and O–H groups in total. The number of hydrogen-bond acceptors (Lipinski definition) is 2. The van der Waals surface area contributed by atoms with Gasteiger partial charge in [0.25, 0.3) is 0 Å². The van der Waals surface area contributed by atoms with Gasteiger partial charge in [-0.15, -0.1) is 0 Å². The predicted molar refractivity (Wildman–Crippen MR) is 124 cm³/mol. The molecule has 0 bridgehead atoms. The van der Waals surface area contributed by atoms with Crippen molar-refractivity contribution in [3.8, 4) is 0 Å². The molecule has 0 spiro atoms. The lowest BCUT2D eigenvalue weighted by atomic mass is 9.81. The minimum Gasteiger partial charge on any atom is -0.408 e. The summed E-state index contributed by atoms with van der Waals surface area (Å²) in [7, 11) is -1.59. The third-order valence-electron chi connectivity index (χ3n) is 5.79. The van der Waals surface area contributed by atoms with E-state index < -0.39 is 7.37 Å². The Kier molecular flexibility index (Phi) is 5.22. The Balaban J connectivity index is 2.81. The van der Waals surface area contributed by atoms with E-state index in [1.165, 1.54) is 33.4 Å². The highest BCUT2D eigenvalue weighted by molar-refractivity contribution is 7.68. The minimum atomic E-state index is -1.59. The molecule has 0 fully saturated rings. The first-order valence-corrected chi connectivity index (χ1v) is 11.9.